The number of non-ortho nitro benzene ring substituents is 1. The van der Waals surface area contributed by atoms with Crippen LogP contribution in [0, 0.1) is 28.9 Å². The number of nitro groups is 1. The number of Topliss-reactive ketones (excluding diaryl/α,β-unsaturated/α-hetero) is 1. The minimum atomic E-state index is -0.774. The summed E-state index contributed by atoms with van der Waals surface area (Å²) in [5.41, 5.74) is 1.16. The summed E-state index contributed by atoms with van der Waals surface area (Å²) >= 11 is 0. The molecule has 4 atom stereocenters. The van der Waals surface area contributed by atoms with Gasteiger partial charge in [0.05, 0.1) is 28.5 Å². The van der Waals surface area contributed by atoms with Gasteiger partial charge < -0.3 is 0 Å². The molecule has 0 unspecified atom stereocenters. The number of imide groups is 1. The summed E-state index contributed by atoms with van der Waals surface area (Å²) in [6, 6.07) is 12.1. The Balaban J connectivity index is 1.58. The normalized spacial score (nSPS) is 27.5. The van der Waals surface area contributed by atoms with Crippen LogP contribution in [0.5, 0.6) is 0 Å². The average molecular weight is 419 g/mol. The Bertz CT molecular complexity index is 1120. The van der Waals surface area contributed by atoms with Crippen LogP contribution in [0.1, 0.15) is 28.8 Å². The fourth-order valence-electron chi connectivity index (χ4n) is 5.48. The third-order valence-electron chi connectivity index (χ3n) is 6.82. The van der Waals surface area contributed by atoms with Crippen molar-refractivity contribution in [3.05, 3.63) is 69.8 Å². The third kappa shape index (κ3) is 2.82. The highest BCUT2D eigenvalue weighted by Gasteiger charge is 2.64. The van der Waals surface area contributed by atoms with Crippen molar-refractivity contribution in [3.63, 3.8) is 0 Å². The zero-order chi connectivity index (χ0) is 21.9. The van der Waals surface area contributed by atoms with E-state index >= 15 is 0 Å². The molecule has 3 saturated heterocycles. The number of benzene rings is 2. The van der Waals surface area contributed by atoms with E-state index in [-0.39, 0.29) is 29.1 Å². The van der Waals surface area contributed by atoms with Gasteiger partial charge in [-0.1, -0.05) is 36.4 Å². The number of aryl methyl sites for hydroxylation is 1. The summed E-state index contributed by atoms with van der Waals surface area (Å²) < 4.78 is 0. The van der Waals surface area contributed by atoms with Crippen molar-refractivity contribution in [2.75, 3.05) is 11.4 Å². The van der Waals surface area contributed by atoms with Gasteiger partial charge in [-0.2, -0.15) is 0 Å². The molecule has 5 rings (SSSR count). The van der Waals surface area contributed by atoms with Gasteiger partial charge in [-0.25, -0.2) is 4.90 Å². The molecule has 3 aliphatic heterocycles. The number of anilines is 1. The molecule has 2 amide bonds. The first-order valence-electron chi connectivity index (χ1n) is 10.4. The molecule has 0 aliphatic carbocycles. The van der Waals surface area contributed by atoms with Gasteiger partial charge in [-0.05, 0) is 31.9 Å². The zero-order valence-corrected chi connectivity index (χ0v) is 16.9. The van der Waals surface area contributed by atoms with Gasteiger partial charge in [0.2, 0.25) is 11.8 Å². The van der Waals surface area contributed by atoms with E-state index in [1.807, 2.05) is 11.0 Å². The van der Waals surface area contributed by atoms with E-state index in [0.29, 0.717) is 17.7 Å². The first-order chi connectivity index (χ1) is 14.9. The summed E-state index contributed by atoms with van der Waals surface area (Å²) in [6.45, 7) is 2.39. The Kier molecular flexibility index (Phi) is 4.48. The van der Waals surface area contributed by atoms with E-state index in [0.717, 1.165) is 17.7 Å². The molecule has 3 fully saturated rings. The molecule has 3 aliphatic rings. The zero-order valence-electron chi connectivity index (χ0n) is 16.9. The van der Waals surface area contributed by atoms with Crippen LogP contribution < -0.4 is 4.90 Å². The van der Waals surface area contributed by atoms with Crippen LogP contribution in [0.25, 0.3) is 0 Å². The number of hydrogen-bond donors (Lipinski definition) is 0. The number of ketones is 1. The Morgan fingerprint density at radius 3 is 2.48 bits per heavy atom. The summed E-state index contributed by atoms with van der Waals surface area (Å²) in [7, 11) is 0. The van der Waals surface area contributed by atoms with Gasteiger partial charge in [0, 0.05) is 23.7 Å². The van der Waals surface area contributed by atoms with E-state index in [2.05, 4.69) is 0 Å². The molecule has 8 heteroatoms. The first-order valence-corrected chi connectivity index (χ1v) is 10.4. The number of rotatable bonds is 4. The third-order valence-corrected chi connectivity index (χ3v) is 6.82. The second-order valence-corrected chi connectivity index (χ2v) is 8.41. The number of carbonyl (C=O) groups is 3. The molecular weight excluding hydrogens is 398 g/mol. The van der Waals surface area contributed by atoms with Crippen molar-refractivity contribution in [2.45, 2.75) is 31.8 Å². The lowest BCUT2D eigenvalue weighted by Crippen LogP contribution is -2.46. The fourth-order valence-corrected chi connectivity index (χ4v) is 5.48. The highest BCUT2D eigenvalue weighted by atomic mass is 16.6. The van der Waals surface area contributed by atoms with Crippen LogP contribution in [0.4, 0.5) is 11.4 Å². The van der Waals surface area contributed by atoms with E-state index in [1.165, 1.54) is 18.2 Å². The molecule has 3 heterocycles. The number of nitrogens with zero attached hydrogens (tertiary/aromatic N) is 3. The van der Waals surface area contributed by atoms with Gasteiger partial charge in [0.25, 0.3) is 5.69 Å². The SMILES string of the molecule is Cc1ccc([N+](=O)[O-])cc1N1C(=O)[C@@H]2[C@H](C1=O)[C@@H](C(=O)c1ccccc1)N1CCC[C@H]21. The topological polar surface area (TPSA) is 101 Å². The number of hydrogen-bond acceptors (Lipinski definition) is 6. The standard InChI is InChI=1S/C23H21N3O5/c1-13-9-10-15(26(30)31)12-17(13)25-22(28)18-16-8-5-11-24(16)20(19(18)23(25)29)21(27)14-6-3-2-4-7-14/h2-4,6-7,9-10,12,16,18-20H,5,8,11H2,1H3/t16-,18+,19+,20+/m1/s1. The van der Waals surface area contributed by atoms with Crippen molar-refractivity contribution < 1.29 is 19.3 Å². The van der Waals surface area contributed by atoms with Gasteiger partial charge in [-0.15, -0.1) is 0 Å². The van der Waals surface area contributed by atoms with Gasteiger partial charge in [0.1, 0.15) is 0 Å². The highest BCUT2D eigenvalue weighted by molar-refractivity contribution is 6.25. The monoisotopic (exact) mass is 419 g/mol. The summed E-state index contributed by atoms with van der Waals surface area (Å²) in [6.07, 6.45) is 1.62. The molecule has 0 radical (unpaired) electrons. The lowest BCUT2D eigenvalue weighted by molar-refractivity contribution is -0.384. The van der Waals surface area contributed by atoms with Crippen molar-refractivity contribution in [3.8, 4) is 0 Å². The first kappa shape index (κ1) is 19.6. The lowest BCUT2D eigenvalue weighted by Gasteiger charge is -2.28. The quantitative estimate of drug-likeness (QED) is 0.327. The maximum Gasteiger partial charge on any atom is 0.271 e. The molecule has 8 nitrogen and oxygen atoms in total. The average Bonchev–Trinajstić information content (AvgIpc) is 3.41. The molecule has 2 aromatic carbocycles. The minimum Gasteiger partial charge on any atom is -0.292 e. The van der Waals surface area contributed by atoms with E-state index < -0.39 is 28.7 Å². The van der Waals surface area contributed by atoms with E-state index in [4.69, 9.17) is 0 Å². The molecule has 0 N–H and O–H groups in total. The molecular formula is C23H21N3O5. The molecule has 0 spiro atoms. The Labute approximate surface area is 178 Å². The predicted molar refractivity (Wildman–Crippen MR) is 112 cm³/mol. The predicted octanol–water partition coefficient (Wildman–Crippen LogP) is 2.74. The van der Waals surface area contributed by atoms with Gasteiger partial charge in [0.15, 0.2) is 5.78 Å². The van der Waals surface area contributed by atoms with Crippen LogP contribution in [0.2, 0.25) is 0 Å². The largest absolute Gasteiger partial charge is 0.292 e. The summed E-state index contributed by atoms with van der Waals surface area (Å²) in [5, 5.41) is 11.3. The van der Waals surface area contributed by atoms with Crippen LogP contribution in [0.3, 0.4) is 0 Å². The molecule has 31 heavy (non-hydrogen) atoms. The molecule has 0 saturated carbocycles. The van der Waals surface area contributed by atoms with Crippen LogP contribution >= 0.6 is 0 Å². The fraction of sp³-hybridized carbons (Fsp3) is 0.348. The van der Waals surface area contributed by atoms with E-state index in [1.54, 1.807) is 31.2 Å². The highest BCUT2D eigenvalue weighted by Crippen LogP contribution is 2.49. The lowest BCUT2D eigenvalue weighted by atomic mass is 9.85. The van der Waals surface area contributed by atoms with Crippen molar-refractivity contribution in [2.24, 2.45) is 11.8 Å². The number of carbonyl (C=O) groups excluding carboxylic acids is 3. The molecule has 0 aromatic heterocycles. The Morgan fingerprint density at radius 1 is 1.06 bits per heavy atom. The van der Waals surface area contributed by atoms with Crippen molar-refractivity contribution in [1.82, 2.24) is 4.90 Å². The van der Waals surface area contributed by atoms with Crippen molar-refractivity contribution in [1.29, 1.82) is 0 Å². The molecule has 0 bridgehead atoms. The second kappa shape index (κ2) is 7.09. The van der Waals surface area contributed by atoms with Gasteiger partial charge >= 0.3 is 0 Å². The van der Waals surface area contributed by atoms with Crippen LogP contribution in [-0.2, 0) is 9.59 Å². The summed E-state index contributed by atoms with van der Waals surface area (Å²) in [5.74, 6) is -2.34. The van der Waals surface area contributed by atoms with Crippen LogP contribution in [0.15, 0.2) is 48.5 Å². The number of fused-ring (bicyclic) bond motifs is 3. The second-order valence-electron chi connectivity index (χ2n) is 8.41. The smallest absolute Gasteiger partial charge is 0.271 e. The molecule has 2 aromatic rings. The van der Waals surface area contributed by atoms with Gasteiger partial charge in [-0.3, -0.25) is 29.4 Å². The number of nitro benzene ring substituents is 1. The molecule has 158 valence electrons. The van der Waals surface area contributed by atoms with Crippen molar-refractivity contribution >= 4 is 29.0 Å². The Hall–Kier alpha value is -3.39. The number of amides is 2. The minimum absolute atomic E-state index is 0.154. The maximum atomic E-state index is 13.6. The summed E-state index contributed by atoms with van der Waals surface area (Å²) in [4.78, 5) is 54.3. The Morgan fingerprint density at radius 2 is 1.77 bits per heavy atom. The van der Waals surface area contributed by atoms with Crippen LogP contribution in [-0.4, -0.2) is 46.0 Å². The van der Waals surface area contributed by atoms with E-state index in [9.17, 15) is 24.5 Å². The maximum absolute atomic E-state index is 13.6.